The monoisotopic (exact) mass is 228 g/mol. The highest BCUT2D eigenvalue weighted by Crippen LogP contribution is 2.18. The zero-order valence-electron chi connectivity index (χ0n) is 10.1. The minimum Gasteiger partial charge on any atom is -0.341 e. The van der Waals surface area contributed by atoms with Gasteiger partial charge in [0.15, 0.2) is 4.77 Å². The number of nitrogens with zero attached hydrogens (tertiary/aromatic N) is 3. The SMILES string of the molecule is CCC(C)N(C)c1n[nH]c(=S)n1C(C)C. The van der Waals surface area contributed by atoms with Crippen LogP contribution in [-0.4, -0.2) is 27.9 Å². The minimum atomic E-state index is 0.331. The molecule has 0 saturated heterocycles. The minimum absolute atomic E-state index is 0.331. The third-order valence-electron chi connectivity index (χ3n) is 2.77. The first-order valence-electron chi connectivity index (χ1n) is 5.38. The van der Waals surface area contributed by atoms with Gasteiger partial charge in [-0.15, -0.1) is 5.10 Å². The van der Waals surface area contributed by atoms with E-state index in [0.717, 1.165) is 12.4 Å². The summed E-state index contributed by atoms with van der Waals surface area (Å²) in [6.45, 7) is 8.57. The summed E-state index contributed by atoms with van der Waals surface area (Å²) in [6.07, 6.45) is 1.09. The lowest BCUT2D eigenvalue weighted by Gasteiger charge is -2.25. The Bertz CT molecular complexity index is 366. The maximum Gasteiger partial charge on any atom is 0.225 e. The zero-order chi connectivity index (χ0) is 11.6. The van der Waals surface area contributed by atoms with Crippen molar-refractivity contribution in [2.75, 3.05) is 11.9 Å². The summed E-state index contributed by atoms with van der Waals surface area (Å²) < 4.78 is 2.73. The number of hydrogen-bond acceptors (Lipinski definition) is 3. The molecule has 0 saturated carbocycles. The Labute approximate surface area is 96.3 Å². The van der Waals surface area contributed by atoms with Crippen LogP contribution in [0.3, 0.4) is 0 Å². The molecule has 0 aliphatic carbocycles. The van der Waals surface area contributed by atoms with Gasteiger partial charge < -0.3 is 4.90 Å². The summed E-state index contributed by atoms with van der Waals surface area (Å²) in [5.41, 5.74) is 0. The lowest BCUT2D eigenvalue weighted by molar-refractivity contribution is 0.561. The Balaban J connectivity index is 3.09. The van der Waals surface area contributed by atoms with E-state index in [1.165, 1.54) is 0 Å². The van der Waals surface area contributed by atoms with E-state index in [1.54, 1.807) is 0 Å². The molecular formula is C10H20N4S. The van der Waals surface area contributed by atoms with Crippen molar-refractivity contribution in [3.8, 4) is 0 Å². The summed E-state index contributed by atoms with van der Waals surface area (Å²) in [5.74, 6) is 0.921. The van der Waals surface area contributed by atoms with Crippen molar-refractivity contribution >= 4 is 18.2 Å². The molecular weight excluding hydrogens is 208 g/mol. The van der Waals surface area contributed by atoms with E-state index < -0.39 is 0 Å². The number of H-pyrrole nitrogens is 1. The molecule has 15 heavy (non-hydrogen) atoms. The molecule has 1 rings (SSSR count). The molecule has 1 heterocycles. The summed E-state index contributed by atoms with van der Waals surface area (Å²) >= 11 is 5.21. The third kappa shape index (κ3) is 2.40. The summed E-state index contributed by atoms with van der Waals surface area (Å²) in [6, 6.07) is 0.797. The van der Waals surface area contributed by atoms with Crippen LogP contribution >= 0.6 is 12.2 Å². The first-order valence-corrected chi connectivity index (χ1v) is 5.79. The maximum absolute atomic E-state index is 5.21. The van der Waals surface area contributed by atoms with E-state index in [2.05, 4.69) is 49.8 Å². The summed E-state index contributed by atoms with van der Waals surface area (Å²) in [4.78, 5) is 2.16. The molecule has 0 aromatic carbocycles. The third-order valence-corrected chi connectivity index (χ3v) is 3.06. The molecule has 1 aromatic rings. The predicted molar refractivity (Wildman–Crippen MR) is 66.0 cm³/mol. The van der Waals surface area contributed by atoms with Gasteiger partial charge in [-0.05, 0) is 39.4 Å². The van der Waals surface area contributed by atoms with Gasteiger partial charge >= 0.3 is 0 Å². The van der Waals surface area contributed by atoms with Crippen LogP contribution in [0.4, 0.5) is 5.95 Å². The Morgan fingerprint density at radius 2 is 2.07 bits per heavy atom. The molecule has 1 atom stereocenters. The number of aromatic nitrogens is 3. The van der Waals surface area contributed by atoms with E-state index in [0.29, 0.717) is 16.9 Å². The average molecular weight is 228 g/mol. The normalized spacial score (nSPS) is 13.2. The topological polar surface area (TPSA) is 36.9 Å². The van der Waals surface area contributed by atoms with E-state index in [1.807, 2.05) is 4.57 Å². The van der Waals surface area contributed by atoms with Gasteiger partial charge in [-0.25, -0.2) is 5.10 Å². The molecule has 0 radical (unpaired) electrons. The van der Waals surface area contributed by atoms with E-state index >= 15 is 0 Å². The van der Waals surface area contributed by atoms with Gasteiger partial charge in [-0.3, -0.25) is 4.57 Å². The smallest absolute Gasteiger partial charge is 0.225 e. The van der Waals surface area contributed by atoms with Crippen molar-refractivity contribution in [2.24, 2.45) is 0 Å². The number of aromatic amines is 1. The molecule has 4 nitrogen and oxygen atoms in total. The lowest BCUT2D eigenvalue weighted by atomic mass is 10.2. The Morgan fingerprint density at radius 3 is 2.53 bits per heavy atom. The van der Waals surface area contributed by atoms with Gasteiger partial charge in [0.1, 0.15) is 0 Å². The van der Waals surface area contributed by atoms with E-state index in [9.17, 15) is 0 Å². The highest BCUT2D eigenvalue weighted by Gasteiger charge is 2.16. The van der Waals surface area contributed by atoms with E-state index in [-0.39, 0.29) is 0 Å². The van der Waals surface area contributed by atoms with Crippen LogP contribution in [0, 0.1) is 4.77 Å². The molecule has 0 fully saturated rings. The molecule has 0 spiro atoms. The fourth-order valence-electron chi connectivity index (χ4n) is 1.48. The summed E-state index contributed by atoms with van der Waals surface area (Å²) in [7, 11) is 2.05. The van der Waals surface area contributed by atoms with Crippen LogP contribution < -0.4 is 4.90 Å². The first kappa shape index (κ1) is 12.2. The molecule has 0 amide bonds. The van der Waals surface area contributed by atoms with Crippen LogP contribution in [0.2, 0.25) is 0 Å². The van der Waals surface area contributed by atoms with Gasteiger partial charge in [-0.2, -0.15) is 0 Å². The Hall–Kier alpha value is -0.840. The second kappa shape index (κ2) is 4.79. The highest BCUT2D eigenvalue weighted by atomic mass is 32.1. The Morgan fingerprint density at radius 1 is 1.47 bits per heavy atom. The van der Waals surface area contributed by atoms with Crippen molar-refractivity contribution in [3.63, 3.8) is 0 Å². The highest BCUT2D eigenvalue weighted by molar-refractivity contribution is 7.71. The van der Waals surface area contributed by atoms with Crippen LogP contribution in [0.5, 0.6) is 0 Å². The fourth-order valence-corrected chi connectivity index (χ4v) is 1.82. The molecule has 1 aromatic heterocycles. The molecule has 0 aliphatic rings. The molecule has 5 heteroatoms. The van der Waals surface area contributed by atoms with E-state index in [4.69, 9.17) is 12.2 Å². The predicted octanol–water partition coefficient (Wildman–Crippen LogP) is 2.76. The number of rotatable bonds is 4. The van der Waals surface area contributed by atoms with Crippen molar-refractivity contribution in [3.05, 3.63) is 4.77 Å². The Kier molecular flexibility index (Phi) is 3.90. The molecule has 1 unspecified atom stereocenters. The van der Waals surface area contributed by atoms with Crippen molar-refractivity contribution in [2.45, 2.75) is 46.2 Å². The van der Waals surface area contributed by atoms with Crippen molar-refractivity contribution < 1.29 is 0 Å². The van der Waals surface area contributed by atoms with Crippen LogP contribution in [0.15, 0.2) is 0 Å². The lowest BCUT2D eigenvalue weighted by Crippen LogP contribution is -2.31. The van der Waals surface area contributed by atoms with Gasteiger partial charge in [-0.1, -0.05) is 6.92 Å². The van der Waals surface area contributed by atoms with Gasteiger partial charge in [0.2, 0.25) is 5.95 Å². The van der Waals surface area contributed by atoms with Crippen LogP contribution in [0.1, 0.15) is 40.2 Å². The molecule has 0 bridgehead atoms. The van der Waals surface area contributed by atoms with Gasteiger partial charge in [0.25, 0.3) is 0 Å². The van der Waals surface area contributed by atoms with Crippen molar-refractivity contribution in [1.82, 2.24) is 14.8 Å². The quantitative estimate of drug-likeness (QED) is 0.805. The number of nitrogens with one attached hydrogen (secondary N) is 1. The number of hydrogen-bond donors (Lipinski definition) is 1. The van der Waals surface area contributed by atoms with Gasteiger partial charge in [0.05, 0.1) is 0 Å². The average Bonchev–Trinajstić information content (AvgIpc) is 2.57. The maximum atomic E-state index is 5.21. The standard InChI is InChI=1S/C10H20N4S/c1-6-8(4)13(5)9-11-12-10(15)14(9)7(2)3/h7-8H,6H2,1-5H3,(H,12,15). The second-order valence-electron chi connectivity index (χ2n) is 4.16. The fraction of sp³-hybridized carbons (Fsp3) is 0.800. The summed E-state index contributed by atoms with van der Waals surface area (Å²) in [5, 5.41) is 7.13. The first-order chi connectivity index (χ1) is 6.99. The van der Waals surface area contributed by atoms with Crippen molar-refractivity contribution in [1.29, 1.82) is 0 Å². The van der Waals surface area contributed by atoms with Crippen LogP contribution in [0.25, 0.3) is 0 Å². The molecule has 86 valence electrons. The zero-order valence-corrected chi connectivity index (χ0v) is 10.9. The second-order valence-corrected chi connectivity index (χ2v) is 4.55. The molecule has 1 N–H and O–H groups in total. The number of anilines is 1. The van der Waals surface area contributed by atoms with Crippen LogP contribution in [-0.2, 0) is 0 Å². The molecule has 0 aliphatic heterocycles. The van der Waals surface area contributed by atoms with Gasteiger partial charge in [0, 0.05) is 19.1 Å². The largest absolute Gasteiger partial charge is 0.341 e.